The molecule has 0 amide bonds. The van der Waals surface area contributed by atoms with Gasteiger partial charge in [-0.25, -0.2) is 0 Å². The molecule has 1 rings (SSSR count). The minimum Gasteiger partial charge on any atom is -0.475 e. The van der Waals surface area contributed by atoms with Crippen molar-refractivity contribution >= 4 is 5.78 Å². The summed E-state index contributed by atoms with van der Waals surface area (Å²) >= 11 is 0. The van der Waals surface area contributed by atoms with Crippen molar-refractivity contribution in [3.8, 4) is 0 Å². The van der Waals surface area contributed by atoms with E-state index in [0.717, 1.165) is 18.4 Å². The summed E-state index contributed by atoms with van der Waals surface area (Å²) in [4.78, 5) is 11.3. The molecule has 0 saturated carbocycles. The highest BCUT2D eigenvalue weighted by Gasteiger charge is 2.12. The van der Waals surface area contributed by atoms with Crippen LogP contribution in [-0.2, 0) is 14.3 Å². The average Bonchev–Trinajstić information content (AvgIpc) is 2.20. The summed E-state index contributed by atoms with van der Waals surface area (Å²) in [6.45, 7) is 2.44. The van der Waals surface area contributed by atoms with Gasteiger partial charge >= 0.3 is 0 Å². The van der Waals surface area contributed by atoms with E-state index in [4.69, 9.17) is 9.47 Å². The fraction of sp³-hybridized carbons (Fsp3) is 0.545. The Bertz CT molecular complexity index is 241. The van der Waals surface area contributed by atoms with E-state index in [1.165, 1.54) is 0 Å². The number of carbonyl (C=O) groups excluding carboxylic acids is 1. The monoisotopic (exact) mass is 196 g/mol. The molecule has 0 atom stereocenters. The van der Waals surface area contributed by atoms with E-state index in [9.17, 15) is 4.79 Å². The van der Waals surface area contributed by atoms with Gasteiger partial charge in [0.05, 0.1) is 12.9 Å². The van der Waals surface area contributed by atoms with Gasteiger partial charge in [-0.05, 0) is 19.8 Å². The smallest absolute Gasteiger partial charge is 0.188 e. The van der Waals surface area contributed by atoms with Crippen LogP contribution in [-0.4, -0.2) is 19.2 Å². The predicted molar refractivity (Wildman–Crippen MR) is 53.7 cm³/mol. The Morgan fingerprint density at radius 3 is 3.14 bits per heavy atom. The van der Waals surface area contributed by atoms with Gasteiger partial charge in [-0.15, -0.1) is 0 Å². The Kier molecular flexibility index (Phi) is 5.00. The Morgan fingerprint density at radius 2 is 2.43 bits per heavy atom. The average molecular weight is 196 g/mol. The summed E-state index contributed by atoms with van der Waals surface area (Å²) in [5, 5.41) is 0. The largest absolute Gasteiger partial charge is 0.475 e. The van der Waals surface area contributed by atoms with Crippen molar-refractivity contribution in [1.82, 2.24) is 0 Å². The number of ketones is 1. The Hall–Kier alpha value is -1.09. The van der Waals surface area contributed by atoms with Crippen molar-refractivity contribution in [2.45, 2.75) is 26.2 Å². The van der Waals surface area contributed by atoms with Gasteiger partial charge in [0.15, 0.2) is 12.6 Å². The maximum absolute atomic E-state index is 11.3. The molecule has 0 spiro atoms. The SMILES string of the molecule is CC=COCOCC1=CCCCC1=O. The quantitative estimate of drug-likeness (QED) is 0.384. The van der Waals surface area contributed by atoms with Crippen LogP contribution in [0.25, 0.3) is 0 Å². The van der Waals surface area contributed by atoms with Gasteiger partial charge in [0.2, 0.25) is 0 Å². The molecule has 1 aliphatic rings. The van der Waals surface area contributed by atoms with Crippen LogP contribution in [0.15, 0.2) is 24.0 Å². The highest BCUT2D eigenvalue weighted by molar-refractivity contribution is 5.96. The predicted octanol–water partition coefficient (Wildman–Crippen LogP) is 2.19. The number of hydrogen-bond donors (Lipinski definition) is 0. The molecular formula is C11H16O3. The minimum absolute atomic E-state index is 0.203. The first-order chi connectivity index (χ1) is 6.84. The Labute approximate surface area is 84.4 Å². The van der Waals surface area contributed by atoms with E-state index < -0.39 is 0 Å². The molecule has 0 radical (unpaired) electrons. The molecule has 0 aromatic heterocycles. The van der Waals surface area contributed by atoms with Crippen molar-refractivity contribution < 1.29 is 14.3 Å². The summed E-state index contributed by atoms with van der Waals surface area (Å²) in [6, 6.07) is 0. The molecule has 14 heavy (non-hydrogen) atoms. The molecule has 1 aliphatic carbocycles. The van der Waals surface area contributed by atoms with Gasteiger partial charge in [0, 0.05) is 12.0 Å². The van der Waals surface area contributed by atoms with Gasteiger partial charge in [-0.1, -0.05) is 12.2 Å². The highest BCUT2D eigenvalue weighted by atomic mass is 16.7. The summed E-state index contributed by atoms with van der Waals surface area (Å²) in [6.07, 6.45) is 7.93. The lowest BCUT2D eigenvalue weighted by Gasteiger charge is -2.11. The van der Waals surface area contributed by atoms with Gasteiger partial charge in [-0.3, -0.25) is 4.79 Å². The lowest BCUT2D eigenvalue weighted by molar-refractivity contribution is -0.117. The van der Waals surface area contributed by atoms with Crippen LogP contribution in [0.3, 0.4) is 0 Å². The zero-order valence-electron chi connectivity index (χ0n) is 8.49. The van der Waals surface area contributed by atoms with Crippen LogP contribution in [0.1, 0.15) is 26.2 Å². The van der Waals surface area contributed by atoms with Gasteiger partial charge in [0.1, 0.15) is 0 Å². The first kappa shape index (κ1) is 11.0. The molecule has 3 heteroatoms. The lowest BCUT2D eigenvalue weighted by atomic mass is 9.99. The molecule has 0 unspecified atom stereocenters. The second kappa shape index (κ2) is 6.38. The zero-order valence-corrected chi connectivity index (χ0v) is 8.49. The van der Waals surface area contributed by atoms with Crippen molar-refractivity contribution in [1.29, 1.82) is 0 Å². The molecule has 0 aliphatic heterocycles. The molecule has 3 nitrogen and oxygen atoms in total. The zero-order chi connectivity index (χ0) is 10.2. The third-order valence-electron chi connectivity index (χ3n) is 2.00. The van der Waals surface area contributed by atoms with Crippen molar-refractivity contribution in [2.24, 2.45) is 0 Å². The van der Waals surface area contributed by atoms with Gasteiger partial charge < -0.3 is 9.47 Å². The molecule has 0 N–H and O–H groups in total. The second-order valence-electron chi connectivity index (χ2n) is 3.15. The lowest BCUT2D eigenvalue weighted by Crippen LogP contribution is -2.13. The fourth-order valence-corrected chi connectivity index (χ4v) is 1.29. The first-order valence-corrected chi connectivity index (χ1v) is 4.87. The summed E-state index contributed by atoms with van der Waals surface area (Å²) in [5.74, 6) is 0.210. The van der Waals surface area contributed by atoms with Crippen molar-refractivity contribution in [3.05, 3.63) is 24.0 Å². The minimum atomic E-state index is 0.203. The van der Waals surface area contributed by atoms with Crippen LogP contribution < -0.4 is 0 Å². The Morgan fingerprint density at radius 1 is 1.57 bits per heavy atom. The number of carbonyl (C=O) groups is 1. The standard InChI is InChI=1S/C11H16O3/c1-2-7-13-9-14-8-10-5-3-4-6-11(10)12/h2,5,7H,3-4,6,8-9H2,1H3. The van der Waals surface area contributed by atoms with Crippen LogP contribution in [0.4, 0.5) is 0 Å². The molecule has 0 bridgehead atoms. The molecule has 0 heterocycles. The van der Waals surface area contributed by atoms with E-state index in [1.54, 1.807) is 12.3 Å². The summed E-state index contributed by atoms with van der Waals surface area (Å²) in [7, 11) is 0. The van der Waals surface area contributed by atoms with E-state index in [-0.39, 0.29) is 12.6 Å². The molecule has 0 aromatic rings. The van der Waals surface area contributed by atoms with Crippen molar-refractivity contribution in [3.63, 3.8) is 0 Å². The van der Waals surface area contributed by atoms with E-state index in [1.807, 2.05) is 13.0 Å². The summed E-state index contributed by atoms with van der Waals surface area (Å²) in [5.41, 5.74) is 0.792. The van der Waals surface area contributed by atoms with E-state index in [0.29, 0.717) is 13.0 Å². The molecule has 0 saturated heterocycles. The number of hydrogen-bond acceptors (Lipinski definition) is 3. The maximum Gasteiger partial charge on any atom is 0.188 e. The number of Topliss-reactive ketones (excluding diaryl/α,β-unsaturated/α-hetero) is 1. The second-order valence-corrected chi connectivity index (χ2v) is 3.15. The first-order valence-electron chi connectivity index (χ1n) is 4.87. The maximum atomic E-state index is 11.3. The Balaban J connectivity index is 2.17. The van der Waals surface area contributed by atoms with Crippen molar-refractivity contribution in [2.75, 3.05) is 13.4 Å². The van der Waals surface area contributed by atoms with E-state index >= 15 is 0 Å². The normalized spacial score (nSPS) is 17.2. The highest BCUT2D eigenvalue weighted by Crippen LogP contribution is 2.13. The molecule has 0 aromatic carbocycles. The number of allylic oxidation sites excluding steroid dienone is 2. The third-order valence-corrected chi connectivity index (χ3v) is 2.00. The fourth-order valence-electron chi connectivity index (χ4n) is 1.29. The topological polar surface area (TPSA) is 35.5 Å². The van der Waals surface area contributed by atoms with Gasteiger partial charge in [-0.2, -0.15) is 0 Å². The summed E-state index contributed by atoms with van der Waals surface area (Å²) < 4.78 is 10.2. The third kappa shape index (κ3) is 3.75. The van der Waals surface area contributed by atoms with E-state index in [2.05, 4.69) is 0 Å². The van der Waals surface area contributed by atoms with Crippen LogP contribution in [0, 0.1) is 0 Å². The number of ether oxygens (including phenoxy) is 2. The van der Waals surface area contributed by atoms with Crippen LogP contribution in [0.5, 0.6) is 0 Å². The van der Waals surface area contributed by atoms with Crippen LogP contribution >= 0.6 is 0 Å². The molecule has 78 valence electrons. The number of rotatable bonds is 5. The molecular weight excluding hydrogens is 180 g/mol. The molecule has 0 fully saturated rings. The van der Waals surface area contributed by atoms with Gasteiger partial charge in [0.25, 0.3) is 0 Å². The van der Waals surface area contributed by atoms with Crippen LogP contribution in [0.2, 0.25) is 0 Å².